The van der Waals surface area contributed by atoms with E-state index in [2.05, 4.69) is 20.0 Å². The molecule has 164 valence electrons. The molecule has 0 bridgehead atoms. The van der Waals surface area contributed by atoms with Gasteiger partial charge in [-0.3, -0.25) is 9.67 Å². The third kappa shape index (κ3) is 3.91. The van der Waals surface area contributed by atoms with Crippen molar-refractivity contribution >= 4 is 28.5 Å². The molecule has 9 heteroatoms. The predicted molar refractivity (Wildman–Crippen MR) is 121 cm³/mol. The van der Waals surface area contributed by atoms with E-state index in [1.807, 2.05) is 37.0 Å². The first kappa shape index (κ1) is 20.8. The van der Waals surface area contributed by atoms with Gasteiger partial charge in [0.25, 0.3) is 0 Å². The molecule has 1 aromatic carbocycles. The average molecular weight is 453 g/mol. The second-order valence-electron chi connectivity index (χ2n) is 7.77. The van der Waals surface area contributed by atoms with E-state index in [0.29, 0.717) is 52.8 Å². The number of aromatic nitrogens is 5. The maximum atomic E-state index is 14.8. The van der Waals surface area contributed by atoms with Crippen LogP contribution in [0.25, 0.3) is 22.3 Å². The molecule has 1 fully saturated rings. The van der Waals surface area contributed by atoms with Crippen LogP contribution >= 0.6 is 11.6 Å². The molecule has 7 nitrogen and oxygen atoms in total. The number of halogens is 2. The Balaban J connectivity index is 1.57. The normalized spacial score (nSPS) is 16.6. The molecule has 0 amide bonds. The third-order valence-electron chi connectivity index (χ3n) is 5.56. The summed E-state index contributed by atoms with van der Waals surface area (Å²) in [6.07, 6.45) is 5.39. The molecule has 32 heavy (non-hydrogen) atoms. The van der Waals surface area contributed by atoms with Crippen molar-refractivity contribution < 1.29 is 9.13 Å². The quantitative estimate of drug-likeness (QED) is 0.451. The summed E-state index contributed by atoms with van der Waals surface area (Å²) in [5.41, 5.74) is 3.81. The Morgan fingerprint density at radius 1 is 1.22 bits per heavy atom. The van der Waals surface area contributed by atoms with Gasteiger partial charge in [-0.2, -0.15) is 5.10 Å². The van der Waals surface area contributed by atoms with Gasteiger partial charge >= 0.3 is 0 Å². The van der Waals surface area contributed by atoms with E-state index >= 15 is 0 Å². The summed E-state index contributed by atoms with van der Waals surface area (Å²) in [5, 5.41) is 4.69. The summed E-state index contributed by atoms with van der Waals surface area (Å²) >= 11 is 5.97. The van der Waals surface area contributed by atoms with Crippen molar-refractivity contribution in [3.63, 3.8) is 0 Å². The maximum Gasteiger partial charge on any atom is 0.134 e. The van der Waals surface area contributed by atoms with Crippen LogP contribution in [-0.2, 0) is 11.3 Å². The first-order chi connectivity index (χ1) is 15.5. The summed E-state index contributed by atoms with van der Waals surface area (Å²) < 4.78 is 22.7. The Labute approximate surface area is 189 Å². The highest BCUT2D eigenvalue weighted by molar-refractivity contribution is 6.30. The number of aryl methyl sites for hydroxylation is 2. The number of morpholine rings is 1. The van der Waals surface area contributed by atoms with Crippen LogP contribution in [0.5, 0.6) is 0 Å². The number of hydrogen-bond acceptors (Lipinski definition) is 6. The molecule has 0 saturated carbocycles. The van der Waals surface area contributed by atoms with E-state index in [1.54, 1.807) is 18.3 Å². The van der Waals surface area contributed by atoms with E-state index in [1.165, 1.54) is 6.07 Å². The van der Waals surface area contributed by atoms with Gasteiger partial charge in [-0.05, 0) is 32.0 Å². The fraction of sp³-hybridized carbons (Fsp3) is 0.304. The van der Waals surface area contributed by atoms with Gasteiger partial charge in [-0.15, -0.1) is 0 Å². The second kappa shape index (κ2) is 8.44. The third-order valence-corrected chi connectivity index (χ3v) is 5.80. The topological polar surface area (TPSA) is 69.0 Å². The molecule has 0 aliphatic carbocycles. The van der Waals surface area contributed by atoms with E-state index < -0.39 is 5.82 Å². The average Bonchev–Trinajstić information content (AvgIpc) is 3.28. The SMILES string of the molecule is CCn1cc([C@H]2CN(c3cc4nc(C)cnc4c(-c4ccc(Cl)cc4F)n3)CCO2)cn1. The minimum atomic E-state index is -0.447. The number of pyridine rings is 1. The van der Waals surface area contributed by atoms with E-state index in [4.69, 9.17) is 21.3 Å². The Kier molecular flexibility index (Phi) is 5.48. The van der Waals surface area contributed by atoms with E-state index in [9.17, 15) is 4.39 Å². The summed E-state index contributed by atoms with van der Waals surface area (Å²) in [5.74, 6) is 0.260. The Morgan fingerprint density at radius 3 is 2.88 bits per heavy atom. The van der Waals surface area contributed by atoms with Gasteiger partial charge in [0, 0.05) is 54.2 Å². The standard InChI is InChI=1S/C23H22ClFN6O/c1-3-31-12-15(11-27-31)20-13-30(6-7-32-20)21-9-19-23(26-10-14(2)28-19)22(29-21)17-5-4-16(24)8-18(17)25/h4-5,8-12,20H,3,6-7,13H2,1-2H3/t20-/m1/s1. The molecule has 0 radical (unpaired) electrons. The second-order valence-corrected chi connectivity index (χ2v) is 8.20. The number of rotatable bonds is 4. The number of benzene rings is 1. The van der Waals surface area contributed by atoms with Gasteiger partial charge in [0.1, 0.15) is 28.9 Å². The molecular formula is C23H22ClFN6O. The minimum absolute atomic E-state index is 0.124. The Bertz CT molecular complexity index is 1290. The van der Waals surface area contributed by atoms with Crippen molar-refractivity contribution in [3.8, 4) is 11.3 Å². The highest BCUT2D eigenvalue weighted by Crippen LogP contribution is 2.33. The van der Waals surface area contributed by atoms with Crippen LogP contribution in [0.15, 0.2) is 42.9 Å². The summed E-state index contributed by atoms with van der Waals surface area (Å²) in [4.78, 5) is 16.1. The molecule has 5 rings (SSSR count). The first-order valence-corrected chi connectivity index (χ1v) is 10.9. The zero-order valence-electron chi connectivity index (χ0n) is 17.8. The van der Waals surface area contributed by atoms with Gasteiger partial charge < -0.3 is 9.64 Å². The number of nitrogens with zero attached hydrogens (tertiary/aromatic N) is 6. The van der Waals surface area contributed by atoms with Crippen LogP contribution in [0.4, 0.5) is 10.2 Å². The lowest BCUT2D eigenvalue weighted by molar-refractivity contribution is 0.0395. The number of hydrogen-bond donors (Lipinski definition) is 0. The van der Waals surface area contributed by atoms with E-state index in [0.717, 1.165) is 17.8 Å². The van der Waals surface area contributed by atoms with Crippen molar-refractivity contribution in [1.82, 2.24) is 24.7 Å². The lowest BCUT2D eigenvalue weighted by atomic mass is 10.1. The van der Waals surface area contributed by atoms with Crippen LogP contribution in [0, 0.1) is 12.7 Å². The van der Waals surface area contributed by atoms with Gasteiger partial charge in [-0.1, -0.05) is 11.6 Å². The number of fused-ring (bicyclic) bond motifs is 1. The molecule has 1 aliphatic heterocycles. The first-order valence-electron chi connectivity index (χ1n) is 10.5. The smallest absolute Gasteiger partial charge is 0.134 e. The van der Waals surface area contributed by atoms with Crippen molar-refractivity contribution in [1.29, 1.82) is 0 Å². The van der Waals surface area contributed by atoms with Crippen molar-refractivity contribution in [2.45, 2.75) is 26.5 Å². The maximum absolute atomic E-state index is 14.8. The van der Waals surface area contributed by atoms with E-state index in [-0.39, 0.29) is 6.10 Å². The van der Waals surface area contributed by atoms with Gasteiger partial charge in [0.2, 0.25) is 0 Å². The predicted octanol–water partition coefficient (Wildman–Crippen LogP) is 4.59. The molecule has 1 atom stereocenters. The highest BCUT2D eigenvalue weighted by Gasteiger charge is 2.26. The van der Waals surface area contributed by atoms with Crippen molar-refractivity contribution in [2.75, 3.05) is 24.6 Å². The van der Waals surface area contributed by atoms with Gasteiger partial charge in [-0.25, -0.2) is 14.4 Å². The molecule has 0 N–H and O–H groups in total. The van der Waals surface area contributed by atoms with Crippen LogP contribution in [0.3, 0.4) is 0 Å². The van der Waals surface area contributed by atoms with Crippen LogP contribution < -0.4 is 4.90 Å². The van der Waals surface area contributed by atoms with Crippen molar-refractivity contribution in [2.24, 2.45) is 0 Å². The van der Waals surface area contributed by atoms with Crippen molar-refractivity contribution in [3.05, 3.63) is 65.0 Å². The lowest BCUT2D eigenvalue weighted by Gasteiger charge is -2.33. The monoisotopic (exact) mass is 452 g/mol. The van der Waals surface area contributed by atoms with Gasteiger partial charge in [0.15, 0.2) is 0 Å². The zero-order chi connectivity index (χ0) is 22.2. The molecule has 0 spiro atoms. The molecule has 1 aliphatic rings. The molecule has 4 heterocycles. The fourth-order valence-electron chi connectivity index (χ4n) is 3.91. The summed E-state index contributed by atoms with van der Waals surface area (Å²) in [7, 11) is 0. The molecule has 4 aromatic rings. The lowest BCUT2D eigenvalue weighted by Crippen LogP contribution is -2.38. The summed E-state index contributed by atoms with van der Waals surface area (Å²) in [6.45, 7) is 6.55. The van der Waals surface area contributed by atoms with Crippen LogP contribution in [0.2, 0.25) is 5.02 Å². The molecule has 0 unspecified atom stereocenters. The van der Waals surface area contributed by atoms with Gasteiger partial charge in [0.05, 0.1) is 24.0 Å². The number of ether oxygens (including phenoxy) is 1. The fourth-order valence-corrected chi connectivity index (χ4v) is 4.07. The minimum Gasteiger partial charge on any atom is -0.370 e. The highest BCUT2D eigenvalue weighted by atomic mass is 35.5. The van der Waals surface area contributed by atoms with Crippen LogP contribution in [0.1, 0.15) is 24.3 Å². The van der Waals surface area contributed by atoms with Crippen LogP contribution in [-0.4, -0.2) is 44.4 Å². The summed E-state index contributed by atoms with van der Waals surface area (Å²) in [6, 6.07) is 6.48. The zero-order valence-corrected chi connectivity index (χ0v) is 18.6. The number of anilines is 1. The largest absolute Gasteiger partial charge is 0.370 e. The Hall–Kier alpha value is -3.10. The molecular weight excluding hydrogens is 431 g/mol. The molecule has 1 saturated heterocycles. The Morgan fingerprint density at radius 2 is 2.09 bits per heavy atom. The molecule has 3 aromatic heterocycles.